The number of fused-ring (bicyclic) bond motifs is 1. The quantitative estimate of drug-likeness (QED) is 0.944. The maximum Gasteiger partial charge on any atom is 0.260 e. The van der Waals surface area contributed by atoms with E-state index >= 15 is 0 Å². The second-order valence-corrected chi connectivity index (χ2v) is 6.74. The Hall–Kier alpha value is -2.07. The highest BCUT2D eigenvalue weighted by atomic mass is 16.5. The molecule has 2 aliphatic rings. The molecule has 1 saturated carbocycles. The average molecular weight is 311 g/mol. The Morgan fingerprint density at radius 3 is 2.78 bits per heavy atom. The Bertz CT molecular complexity index is 740. The Kier molecular flexibility index (Phi) is 3.49. The molecule has 0 bridgehead atoms. The normalized spacial score (nSPS) is 24.1. The smallest absolute Gasteiger partial charge is 0.260 e. The Morgan fingerprint density at radius 2 is 2.00 bits per heavy atom. The number of benzene rings is 2. The van der Waals surface area contributed by atoms with Crippen molar-refractivity contribution in [2.45, 2.75) is 24.9 Å². The fourth-order valence-corrected chi connectivity index (χ4v) is 3.48. The van der Waals surface area contributed by atoms with Crippen LogP contribution in [0.4, 0.5) is 0 Å². The molecule has 23 heavy (non-hydrogen) atoms. The van der Waals surface area contributed by atoms with Crippen molar-refractivity contribution in [1.82, 2.24) is 4.90 Å². The van der Waals surface area contributed by atoms with Crippen molar-refractivity contribution < 1.29 is 14.6 Å². The zero-order chi connectivity index (χ0) is 15.9. The van der Waals surface area contributed by atoms with Gasteiger partial charge >= 0.3 is 0 Å². The zero-order valence-corrected chi connectivity index (χ0v) is 13.1. The van der Waals surface area contributed by atoms with Gasteiger partial charge in [-0.3, -0.25) is 4.79 Å². The summed E-state index contributed by atoms with van der Waals surface area (Å²) in [6.07, 6.45) is 2.87. The van der Waals surface area contributed by atoms with Crippen LogP contribution in [0.15, 0.2) is 42.5 Å². The summed E-state index contributed by atoms with van der Waals surface area (Å²) in [6, 6.07) is 13.9. The minimum Gasteiger partial charge on any atom is -0.484 e. The molecule has 1 heterocycles. The van der Waals surface area contributed by atoms with Gasteiger partial charge in [-0.25, -0.2) is 0 Å². The number of rotatable bonds is 4. The topological polar surface area (TPSA) is 49.8 Å². The van der Waals surface area contributed by atoms with Gasteiger partial charge in [-0.1, -0.05) is 30.3 Å². The number of carbonyl (C=O) groups is 1. The van der Waals surface area contributed by atoms with Crippen molar-refractivity contribution in [3.05, 3.63) is 42.5 Å². The van der Waals surface area contributed by atoms with Crippen LogP contribution in [0, 0.1) is 5.92 Å². The van der Waals surface area contributed by atoms with Crippen LogP contribution < -0.4 is 4.74 Å². The Morgan fingerprint density at radius 1 is 1.22 bits per heavy atom. The summed E-state index contributed by atoms with van der Waals surface area (Å²) in [5.41, 5.74) is -0.654. The number of amides is 1. The summed E-state index contributed by atoms with van der Waals surface area (Å²) in [5, 5.41) is 12.8. The van der Waals surface area contributed by atoms with E-state index in [1.807, 2.05) is 42.5 Å². The molecule has 1 saturated heterocycles. The van der Waals surface area contributed by atoms with Crippen molar-refractivity contribution in [2.75, 3.05) is 19.7 Å². The molecule has 1 N–H and O–H groups in total. The number of likely N-dealkylation sites (tertiary alicyclic amines) is 1. The van der Waals surface area contributed by atoms with Gasteiger partial charge < -0.3 is 14.7 Å². The fourth-order valence-electron chi connectivity index (χ4n) is 3.48. The number of hydrogen-bond acceptors (Lipinski definition) is 3. The average Bonchev–Trinajstić information content (AvgIpc) is 3.36. The van der Waals surface area contributed by atoms with Gasteiger partial charge in [0.15, 0.2) is 6.61 Å². The second-order valence-electron chi connectivity index (χ2n) is 6.74. The van der Waals surface area contributed by atoms with Crippen molar-refractivity contribution in [1.29, 1.82) is 0 Å². The molecule has 120 valence electrons. The molecular formula is C19H21NO3. The largest absolute Gasteiger partial charge is 0.484 e. The summed E-state index contributed by atoms with van der Waals surface area (Å²) in [4.78, 5) is 14.0. The van der Waals surface area contributed by atoms with E-state index in [1.54, 1.807) is 4.90 Å². The molecule has 1 aliphatic carbocycles. The molecule has 4 heteroatoms. The lowest BCUT2D eigenvalue weighted by atomic mass is 9.97. The third-order valence-electron chi connectivity index (χ3n) is 5.05. The van der Waals surface area contributed by atoms with E-state index in [-0.39, 0.29) is 12.5 Å². The molecule has 4 nitrogen and oxygen atoms in total. The van der Waals surface area contributed by atoms with Crippen LogP contribution in [0.1, 0.15) is 19.3 Å². The molecule has 2 aromatic rings. The second kappa shape index (κ2) is 5.53. The van der Waals surface area contributed by atoms with Gasteiger partial charge in [0, 0.05) is 13.1 Å². The minimum atomic E-state index is -0.654. The van der Waals surface area contributed by atoms with Gasteiger partial charge in [-0.15, -0.1) is 0 Å². The van der Waals surface area contributed by atoms with Crippen molar-refractivity contribution in [2.24, 2.45) is 5.92 Å². The highest BCUT2D eigenvalue weighted by molar-refractivity contribution is 5.84. The summed E-state index contributed by atoms with van der Waals surface area (Å²) in [5.74, 6) is 1.05. The number of β-amino-alcohol motifs (C(OH)–C–C–N with tert-alkyl or cyclic N) is 1. The summed E-state index contributed by atoms with van der Waals surface area (Å²) >= 11 is 0. The predicted octanol–water partition coefficient (Wildman–Crippen LogP) is 2.59. The van der Waals surface area contributed by atoms with Gasteiger partial charge in [0.2, 0.25) is 0 Å². The number of carbonyl (C=O) groups excluding carboxylic acids is 1. The van der Waals surface area contributed by atoms with Crippen LogP contribution >= 0.6 is 0 Å². The lowest BCUT2D eigenvalue weighted by Crippen LogP contribution is -2.39. The zero-order valence-electron chi connectivity index (χ0n) is 13.1. The first-order valence-corrected chi connectivity index (χ1v) is 8.26. The molecule has 0 radical (unpaired) electrons. The first-order chi connectivity index (χ1) is 11.1. The van der Waals surface area contributed by atoms with E-state index in [2.05, 4.69) is 0 Å². The van der Waals surface area contributed by atoms with Crippen LogP contribution in [-0.2, 0) is 4.79 Å². The summed E-state index contributed by atoms with van der Waals surface area (Å²) in [7, 11) is 0. The van der Waals surface area contributed by atoms with Gasteiger partial charge in [-0.2, -0.15) is 0 Å². The standard InChI is InChI=1S/C19H21NO3/c21-18(20-10-9-19(22,13-20)16-6-7-16)12-23-17-8-5-14-3-1-2-4-15(14)11-17/h1-5,8,11,16,22H,6-7,9-10,12-13H2. The predicted molar refractivity (Wildman–Crippen MR) is 88.3 cm³/mol. The van der Waals surface area contributed by atoms with Crippen LogP contribution in [-0.4, -0.2) is 41.2 Å². The third-order valence-corrected chi connectivity index (χ3v) is 5.05. The third kappa shape index (κ3) is 2.91. The maximum atomic E-state index is 12.3. The van der Waals surface area contributed by atoms with Crippen molar-refractivity contribution in [3.8, 4) is 5.75 Å². The number of aliphatic hydroxyl groups is 1. The lowest BCUT2D eigenvalue weighted by Gasteiger charge is -2.23. The molecule has 1 amide bonds. The molecule has 1 atom stereocenters. The first-order valence-electron chi connectivity index (χ1n) is 8.26. The molecular weight excluding hydrogens is 290 g/mol. The molecule has 2 aromatic carbocycles. The number of hydrogen-bond donors (Lipinski definition) is 1. The number of nitrogens with zero attached hydrogens (tertiary/aromatic N) is 1. The monoisotopic (exact) mass is 311 g/mol. The van der Waals surface area contributed by atoms with E-state index in [0.717, 1.165) is 23.6 Å². The molecule has 2 fully saturated rings. The number of ether oxygens (including phenoxy) is 1. The van der Waals surface area contributed by atoms with Crippen LogP contribution in [0.3, 0.4) is 0 Å². The van der Waals surface area contributed by atoms with E-state index in [9.17, 15) is 9.90 Å². The van der Waals surface area contributed by atoms with Crippen molar-refractivity contribution in [3.63, 3.8) is 0 Å². The molecule has 0 spiro atoms. The van der Waals surface area contributed by atoms with E-state index < -0.39 is 5.60 Å². The summed E-state index contributed by atoms with van der Waals surface area (Å²) in [6.45, 7) is 1.11. The van der Waals surface area contributed by atoms with E-state index in [4.69, 9.17) is 4.74 Å². The summed E-state index contributed by atoms with van der Waals surface area (Å²) < 4.78 is 5.66. The Labute approximate surface area is 135 Å². The minimum absolute atomic E-state index is 0.0269. The SMILES string of the molecule is O=C(COc1ccc2ccccc2c1)N1CCC(O)(C2CC2)C1. The van der Waals surface area contributed by atoms with Gasteiger partial charge in [0.1, 0.15) is 5.75 Å². The molecule has 1 aliphatic heterocycles. The maximum absolute atomic E-state index is 12.3. The van der Waals surface area contributed by atoms with Crippen molar-refractivity contribution >= 4 is 16.7 Å². The lowest BCUT2D eigenvalue weighted by molar-refractivity contribution is -0.133. The molecule has 0 aromatic heterocycles. The van der Waals surface area contributed by atoms with Gasteiger partial charge in [-0.05, 0) is 48.1 Å². The van der Waals surface area contributed by atoms with Gasteiger partial charge in [0.05, 0.1) is 5.60 Å². The highest BCUT2D eigenvalue weighted by Gasteiger charge is 2.48. The Balaban J connectivity index is 1.37. The van der Waals surface area contributed by atoms with E-state index in [0.29, 0.717) is 31.2 Å². The van der Waals surface area contributed by atoms with E-state index in [1.165, 1.54) is 0 Å². The van der Waals surface area contributed by atoms with Crippen LogP contribution in [0.25, 0.3) is 10.8 Å². The fraction of sp³-hybridized carbons (Fsp3) is 0.421. The highest BCUT2D eigenvalue weighted by Crippen LogP contribution is 2.44. The molecule has 1 unspecified atom stereocenters. The molecule has 4 rings (SSSR count). The van der Waals surface area contributed by atoms with Crippen LogP contribution in [0.2, 0.25) is 0 Å². The van der Waals surface area contributed by atoms with Crippen LogP contribution in [0.5, 0.6) is 5.75 Å². The van der Waals surface area contributed by atoms with Gasteiger partial charge in [0.25, 0.3) is 5.91 Å². The first kappa shape index (κ1) is 14.5.